The van der Waals surface area contributed by atoms with Crippen molar-refractivity contribution in [3.05, 3.63) is 97.1 Å². The molecule has 16 nitrogen and oxygen atoms in total. The van der Waals surface area contributed by atoms with Crippen LogP contribution in [-0.2, 0) is 38.1 Å². The molecule has 16 heteroatoms. The first-order valence-electron chi connectivity index (χ1n) is 19.6. The topological polar surface area (TPSA) is 184 Å². The Balaban J connectivity index is 1.80. The first-order chi connectivity index (χ1) is 29.2. The van der Waals surface area contributed by atoms with Crippen LogP contribution in [0.25, 0.3) is 0 Å². The van der Waals surface area contributed by atoms with Crippen molar-refractivity contribution in [3.8, 4) is 35.0 Å². The number of aromatic nitrogens is 3. The van der Waals surface area contributed by atoms with Gasteiger partial charge in [-0.2, -0.15) is 9.97 Å². The zero-order valence-corrected chi connectivity index (χ0v) is 35.5. The van der Waals surface area contributed by atoms with Crippen LogP contribution < -0.4 is 23.8 Å². The number of carbonyl (C=O) groups excluding carboxylic acids is 4. The van der Waals surface area contributed by atoms with Crippen LogP contribution in [0.3, 0.4) is 0 Å². The first kappa shape index (κ1) is 49.3. The van der Waals surface area contributed by atoms with E-state index in [0.29, 0.717) is 45.3 Å². The Hall–Kier alpha value is -6.07. The number of hydrogen-bond donors (Lipinski definition) is 0. The summed E-state index contributed by atoms with van der Waals surface area (Å²) in [6.07, 6.45) is 0.835. The number of hydrogen-bond acceptors (Lipinski definition) is 16. The van der Waals surface area contributed by atoms with Crippen molar-refractivity contribution in [1.82, 2.24) is 15.0 Å². The molecule has 328 valence electrons. The summed E-state index contributed by atoms with van der Waals surface area (Å²) in [6.45, 7) is 22.7. The van der Waals surface area contributed by atoms with Gasteiger partial charge in [0.15, 0.2) is 23.1 Å². The minimum atomic E-state index is -0.121. The summed E-state index contributed by atoms with van der Waals surface area (Å²) in [5.41, 5.74) is 1.87. The van der Waals surface area contributed by atoms with Crippen molar-refractivity contribution in [2.45, 2.75) is 53.4 Å². The summed E-state index contributed by atoms with van der Waals surface area (Å²) in [7, 11) is 0. The third-order valence-corrected chi connectivity index (χ3v) is 8.22. The second kappa shape index (κ2) is 26.9. The molecule has 0 spiro atoms. The van der Waals surface area contributed by atoms with E-state index in [4.69, 9.17) is 37.9 Å². The Morgan fingerprint density at radius 1 is 0.443 bits per heavy atom. The number of carbonyl (C=O) groups is 4. The maximum Gasteiger partial charge on any atom is 0.330 e. The van der Waals surface area contributed by atoms with Gasteiger partial charge in [0.25, 0.3) is 0 Å². The number of rotatable bonds is 33. The number of nitrogens with zero attached hydrogens (tertiary/aromatic N) is 4. The zero-order chi connectivity index (χ0) is 44.6. The van der Waals surface area contributed by atoms with Crippen LogP contribution in [0.5, 0.6) is 35.0 Å². The fraction of sp³-hybridized carbons (Fsp3) is 0.400. The molecule has 2 aromatic carbocycles. The molecule has 0 radical (unpaired) electrons. The van der Waals surface area contributed by atoms with Crippen LogP contribution in [0.15, 0.2) is 97.1 Å². The van der Waals surface area contributed by atoms with Gasteiger partial charge < -0.3 is 37.9 Å². The average Bonchev–Trinajstić information content (AvgIpc) is 3.22. The normalized spacial score (nSPS) is 10.7. The van der Waals surface area contributed by atoms with Crippen molar-refractivity contribution in [2.75, 3.05) is 71.2 Å². The van der Waals surface area contributed by atoms with E-state index in [1.807, 2.05) is 0 Å². The molecule has 0 aliphatic heterocycles. The SMILES string of the molecule is C=C(C)C(=O)CCOCCOCN(COCCOCCC(=O)C(=C)C)c1nc(Oc2ccc(OCCC(=O)C(=C)C)cc2)nc(Oc2ccc(OCCC(=O)C(=C)C)cc2)n1. The van der Waals surface area contributed by atoms with Crippen molar-refractivity contribution < 1.29 is 57.1 Å². The highest BCUT2D eigenvalue weighted by atomic mass is 16.6. The number of ketones is 4. The fourth-order valence-corrected chi connectivity index (χ4v) is 4.63. The third-order valence-electron chi connectivity index (χ3n) is 8.22. The molecule has 0 atom stereocenters. The number of ether oxygens (including phenoxy) is 8. The largest absolute Gasteiger partial charge is 0.493 e. The molecule has 0 aliphatic carbocycles. The van der Waals surface area contributed by atoms with E-state index in [9.17, 15) is 19.2 Å². The molecule has 61 heavy (non-hydrogen) atoms. The van der Waals surface area contributed by atoms with E-state index in [1.165, 1.54) is 0 Å². The predicted molar refractivity (Wildman–Crippen MR) is 227 cm³/mol. The van der Waals surface area contributed by atoms with Gasteiger partial charge in [0.2, 0.25) is 5.95 Å². The van der Waals surface area contributed by atoms with Gasteiger partial charge in [0.05, 0.1) is 52.9 Å². The van der Waals surface area contributed by atoms with E-state index in [-0.39, 0.29) is 133 Å². The van der Waals surface area contributed by atoms with Crippen LogP contribution in [0, 0.1) is 0 Å². The molecule has 0 saturated carbocycles. The van der Waals surface area contributed by atoms with Crippen molar-refractivity contribution >= 4 is 29.1 Å². The van der Waals surface area contributed by atoms with Crippen molar-refractivity contribution in [3.63, 3.8) is 0 Å². The Kier molecular flexibility index (Phi) is 21.7. The summed E-state index contributed by atoms with van der Waals surface area (Å²) in [5.74, 6) is 1.54. The van der Waals surface area contributed by atoms with Gasteiger partial charge in [-0.1, -0.05) is 26.3 Å². The van der Waals surface area contributed by atoms with Gasteiger partial charge in [0.1, 0.15) is 36.5 Å². The minimum absolute atomic E-state index is 0.0647. The molecule has 3 rings (SSSR count). The van der Waals surface area contributed by atoms with E-state index < -0.39 is 0 Å². The zero-order valence-electron chi connectivity index (χ0n) is 35.5. The Morgan fingerprint density at radius 3 is 1.10 bits per heavy atom. The van der Waals surface area contributed by atoms with Crippen LogP contribution >= 0.6 is 0 Å². The number of Topliss-reactive ketones (excluding diaryl/α,β-unsaturated/α-hetero) is 4. The van der Waals surface area contributed by atoms with Crippen molar-refractivity contribution in [2.24, 2.45) is 0 Å². The highest BCUT2D eigenvalue weighted by Crippen LogP contribution is 2.28. The summed E-state index contributed by atoms with van der Waals surface area (Å²) >= 11 is 0. The van der Waals surface area contributed by atoms with Crippen LogP contribution in [-0.4, -0.2) is 104 Å². The van der Waals surface area contributed by atoms with Gasteiger partial charge in [0, 0.05) is 25.7 Å². The van der Waals surface area contributed by atoms with Crippen LogP contribution in [0.1, 0.15) is 53.4 Å². The lowest BCUT2D eigenvalue weighted by Crippen LogP contribution is -2.32. The molecule has 3 aromatic rings. The monoisotopic (exact) mass is 844 g/mol. The molecule has 0 N–H and O–H groups in total. The third kappa shape index (κ3) is 19.7. The summed E-state index contributed by atoms with van der Waals surface area (Å²) in [4.78, 5) is 62.6. The molecule has 0 saturated heterocycles. The smallest absolute Gasteiger partial charge is 0.330 e. The predicted octanol–water partition coefficient (Wildman–Crippen LogP) is 7.14. The summed E-state index contributed by atoms with van der Waals surface area (Å²) < 4.78 is 46.4. The molecule has 1 aromatic heterocycles. The molecule has 1 heterocycles. The maximum absolute atomic E-state index is 11.9. The van der Waals surface area contributed by atoms with Crippen LogP contribution in [0.4, 0.5) is 5.95 Å². The Morgan fingerprint density at radius 2 is 0.754 bits per heavy atom. The highest BCUT2D eigenvalue weighted by Gasteiger charge is 2.18. The van der Waals surface area contributed by atoms with Gasteiger partial charge >= 0.3 is 12.0 Å². The van der Waals surface area contributed by atoms with E-state index in [0.717, 1.165) is 0 Å². The molecule has 0 unspecified atom stereocenters. The molecule has 0 amide bonds. The lowest BCUT2D eigenvalue weighted by Gasteiger charge is -2.23. The van der Waals surface area contributed by atoms with Gasteiger partial charge in [-0.15, -0.1) is 4.98 Å². The van der Waals surface area contributed by atoms with Gasteiger partial charge in [-0.05, 0) is 98.5 Å². The average molecular weight is 845 g/mol. The summed E-state index contributed by atoms with van der Waals surface area (Å²) in [5, 5.41) is 0. The molecule has 0 bridgehead atoms. The first-order valence-corrected chi connectivity index (χ1v) is 19.6. The molecular weight excluding hydrogens is 789 g/mol. The lowest BCUT2D eigenvalue weighted by atomic mass is 10.2. The van der Waals surface area contributed by atoms with E-state index in [2.05, 4.69) is 41.3 Å². The van der Waals surface area contributed by atoms with E-state index >= 15 is 0 Å². The second-order valence-corrected chi connectivity index (χ2v) is 13.7. The van der Waals surface area contributed by atoms with Crippen molar-refractivity contribution in [1.29, 1.82) is 0 Å². The lowest BCUT2D eigenvalue weighted by molar-refractivity contribution is -0.117. The van der Waals surface area contributed by atoms with E-state index in [1.54, 1.807) is 81.1 Å². The fourth-order valence-electron chi connectivity index (χ4n) is 4.63. The molecular formula is C45H56N4O12. The standard InChI is InChI=1S/C45H56N4O12/c1-31(2)39(50)17-21-54-25-27-56-29-49(30-57-28-26-55-22-18-40(51)32(3)4)43-46-44(60-37-13-9-35(10-14-37)58-23-19-41(52)33(5)6)48-45(47-43)61-38-15-11-36(12-16-38)59-24-20-42(53)34(7)8/h9-16H,1,3,5,7,17-30H2,2,4,6,8H3. The Bertz CT molecular complexity index is 1830. The van der Waals surface area contributed by atoms with Gasteiger partial charge in [-0.3, -0.25) is 24.1 Å². The quantitative estimate of drug-likeness (QED) is 0.0342. The van der Waals surface area contributed by atoms with Gasteiger partial charge in [-0.25, -0.2) is 0 Å². The highest BCUT2D eigenvalue weighted by molar-refractivity contribution is 5.95. The Labute approximate surface area is 357 Å². The molecule has 0 fully saturated rings. The molecule has 0 aliphatic rings. The summed E-state index contributed by atoms with van der Waals surface area (Å²) in [6, 6.07) is 13.1. The number of anilines is 1. The number of allylic oxidation sites excluding steroid dienone is 4. The second-order valence-electron chi connectivity index (χ2n) is 13.7. The minimum Gasteiger partial charge on any atom is -0.493 e. The maximum atomic E-state index is 11.9. The number of benzene rings is 2. The van der Waals surface area contributed by atoms with Crippen LogP contribution in [0.2, 0.25) is 0 Å².